The number of nitrogens with zero attached hydrogens (tertiary/aromatic N) is 1. The van der Waals surface area contributed by atoms with Gasteiger partial charge in [0, 0.05) is 27.4 Å². The van der Waals surface area contributed by atoms with Crippen LogP contribution in [0.15, 0.2) is 0 Å². The maximum Gasteiger partial charge on any atom is 0.300 e. The van der Waals surface area contributed by atoms with Crippen LogP contribution in [0.2, 0.25) is 0 Å². The second kappa shape index (κ2) is 12.4. The Balaban J connectivity index is 0. The predicted octanol–water partition coefficient (Wildman–Crippen LogP) is 0.0599. The maximum absolute atomic E-state index is 11.5. The van der Waals surface area contributed by atoms with Crippen LogP contribution in [0.4, 0.5) is 0 Å². The number of aliphatic carboxylic acids is 1. The van der Waals surface area contributed by atoms with Crippen molar-refractivity contribution < 1.29 is 19.5 Å². The normalized spacial score (nSPS) is 11.1. The van der Waals surface area contributed by atoms with Crippen molar-refractivity contribution in [1.82, 2.24) is 15.5 Å². The van der Waals surface area contributed by atoms with Gasteiger partial charge in [0.2, 0.25) is 11.8 Å². The van der Waals surface area contributed by atoms with Crippen molar-refractivity contribution in [3.63, 3.8) is 0 Å². The molecule has 2 amide bonds. The molecule has 0 bridgehead atoms. The van der Waals surface area contributed by atoms with E-state index < -0.39 is 5.97 Å². The Morgan fingerprint density at radius 2 is 1.65 bits per heavy atom. The third kappa shape index (κ3) is 14.4. The first-order valence-electron chi connectivity index (χ1n) is 6.54. The number of hydrogen-bond donors (Lipinski definition) is 3. The number of rotatable bonds is 7. The van der Waals surface area contributed by atoms with E-state index in [1.807, 2.05) is 19.0 Å². The molecule has 1 atom stereocenters. The Labute approximate surface area is 120 Å². The van der Waals surface area contributed by atoms with Crippen LogP contribution in [0.3, 0.4) is 0 Å². The molecular formula is C13H27N3O4. The van der Waals surface area contributed by atoms with Crippen LogP contribution in [0, 0.1) is 0 Å². The standard InChI is InChI=1S/C11H23N3O2.C2H4O2/c1-9(15)13-8-6-5-7-10(14(3)4)11(16)12-2;1-2(3)4/h10H,5-8H2,1-4H3,(H,12,16)(H,13,15);1H3,(H,3,4)/i2+1;1+1,2+1. The zero-order valence-corrected chi connectivity index (χ0v) is 13.0. The van der Waals surface area contributed by atoms with Crippen molar-refractivity contribution in [2.24, 2.45) is 0 Å². The average molecular weight is 292 g/mol. The Bertz CT molecular complexity index is 302. The van der Waals surface area contributed by atoms with E-state index >= 15 is 0 Å². The van der Waals surface area contributed by atoms with Crippen molar-refractivity contribution >= 4 is 17.8 Å². The molecule has 0 aliphatic heterocycles. The Morgan fingerprint density at radius 3 is 2.00 bits per heavy atom. The lowest BCUT2D eigenvalue weighted by molar-refractivity contribution is -0.134. The summed E-state index contributed by atoms with van der Waals surface area (Å²) >= 11 is 0. The molecule has 0 aromatic heterocycles. The number of likely N-dealkylation sites (N-methyl/N-ethyl adjacent to an activating group) is 2. The second-order valence-electron chi connectivity index (χ2n) is 4.59. The van der Waals surface area contributed by atoms with E-state index in [1.165, 1.54) is 6.92 Å². The lowest BCUT2D eigenvalue weighted by atomic mass is 10.1. The molecule has 118 valence electrons. The van der Waals surface area contributed by atoms with Crippen LogP contribution in [-0.2, 0) is 14.4 Å². The molecule has 1 unspecified atom stereocenters. The minimum atomic E-state index is -0.833. The maximum atomic E-state index is 11.5. The van der Waals surface area contributed by atoms with Gasteiger partial charge in [-0.2, -0.15) is 0 Å². The quantitative estimate of drug-likeness (QED) is 0.455. The topological polar surface area (TPSA) is 98.7 Å². The number of carboxylic acid groups (broad SMARTS) is 1. The zero-order valence-electron chi connectivity index (χ0n) is 13.0. The highest BCUT2D eigenvalue weighted by molar-refractivity contribution is 5.81. The Kier molecular flexibility index (Phi) is 12.8. The summed E-state index contributed by atoms with van der Waals surface area (Å²) in [5.74, 6) is -0.792. The van der Waals surface area contributed by atoms with E-state index in [-0.39, 0.29) is 17.9 Å². The fraction of sp³-hybridized carbons (Fsp3) is 0.769. The van der Waals surface area contributed by atoms with Gasteiger partial charge in [-0.15, -0.1) is 0 Å². The second-order valence-corrected chi connectivity index (χ2v) is 4.59. The highest BCUT2D eigenvalue weighted by Crippen LogP contribution is 2.05. The average Bonchev–Trinajstić information content (AvgIpc) is 2.31. The van der Waals surface area contributed by atoms with Gasteiger partial charge >= 0.3 is 0 Å². The molecule has 0 fully saturated rings. The molecule has 0 aliphatic carbocycles. The van der Waals surface area contributed by atoms with Gasteiger partial charge in [-0.05, 0) is 33.4 Å². The van der Waals surface area contributed by atoms with Crippen LogP contribution < -0.4 is 10.6 Å². The minimum Gasteiger partial charge on any atom is -0.481 e. The monoisotopic (exact) mass is 292 g/mol. The van der Waals surface area contributed by atoms with E-state index in [1.54, 1.807) is 7.05 Å². The van der Waals surface area contributed by atoms with Gasteiger partial charge in [0.15, 0.2) is 0 Å². The molecule has 0 saturated heterocycles. The lowest BCUT2D eigenvalue weighted by Gasteiger charge is -2.22. The van der Waals surface area contributed by atoms with Gasteiger partial charge in [0.05, 0.1) is 6.04 Å². The summed E-state index contributed by atoms with van der Waals surface area (Å²) in [5, 5.41) is 12.8. The number of carbonyl (C=O) groups is 3. The van der Waals surface area contributed by atoms with Crippen LogP contribution >= 0.6 is 0 Å². The summed E-state index contributed by atoms with van der Waals surface area (Å²) < 4.78 is 0. The van der Waals surface area contributed by atoms with Gasteiger partial charge in [-0.3, -0.25) is 19.3 Å². The van der Waals surface area contributed by atoms with Crippen molar-refractivity contribution in [3.05, 3.63) is 0 Å². The van der Waals surface area contributed by atoms with Crippen LogP contribution in [-0.4, -0.2) is 61.5 Å². The van der Waals surface area contributed by atoms with Crippen molar-refractivity contribution in [2.75, 3.05) is 27.7 Å². The molecule has 0 aromatic carbocycles. The highest BCUT2D eigenvalue weighted by Gasteiger charge is 2.18. The molecule has 0 rings (SSSR count). The van der Waals surface area contributed by atoms with E-state index in [0.29, 0.717) is 6.54 Å². The number of carboxylic acids is 1. The van der Waals surface area contributed by atoms with E-state index in [4.69, 9.17) is 9.90 Å². The van der Waals surface area contributed by atoms with Crippen LogP contribution in [0.1, 0.15) is 33.1 Å². The van der Waals surface area contributed by atoms with Gasteiger partial charge < -0.3 is 15.7 Å². The molecule has 0 saturated carbocycles. The summed E-state index contributed by atoms with van der Waals surface area (Å²) in [7, 11) is 5.44. The third-order valence-electron chi connectivity index (χ3n) is 2.45. The van der Waals surface area contributed by atoms with Crippen LogP contribution in [0.25, 0.3) is 0 Å². The number of unbranched alkanes of at least 4 members (excludes halogenated alkanes) is 1. The largest absolute Gasteiger partial charge is 0.481 e. The fourth-order valence-corrected chi connectivity index (χ4v) is 1.52. The summed E-state index contributed by atoms with van der Waals surface area (Å²) in [5.41, 5.74) is 0. The number of amides is 2. The molecule has 7 heteroatoms. The van der Waals surface area contributed by atoms with Crippen molar-refractivity contribution in [2.45, 2.75) is 39.2 Å². The summed E-state index contributed by atoms with van der Waals surface area (Å²) in [4.78, 5) is 33.0. The van der Waals surface area contributed by atoms with E-state index in [9.17, 15) is 9.59 Å². The van der Waals surface area contributed by atoms with Gasteiger partial charge in [-0.25, -0.2) is 0 Å². The SMILES string of the molecule is CC(=O)NCCCCC(C(=O)N[13CH3])N(C)C.[13CH3][13C](=O)O. The number of carbonyl (C=O) groups excluding carboxylic acids is 2. The molecule has 0 aromatic rings. The number of nitrogens with one attached hydrogen (secondary N) is 2. The zero-order chi connectivity index (χ0) is 16.1. The first kappa shape index (κ1) is 20.7. The molecule has 0 spiro atoms. The summed E-state index contributed by atoms with van der Waals surface area (Å²) in [6, 6.07) is -0.0812. The molecular weight excluding hydrogens is 265 g/mol. The summed E-state index contributed by atoms with van der Waals surface area (Å²) in [6.07, 6.45) is 2.64. The Hall–Kier alpha value is -1.63. The highest BCUT2D eigenvalue weighted by atomic mass is 16.5. The molecule has 0 aliphatic rings. The molecule has 3 N–H and O–H groups in total. The Morgan fingerprint density at radius 1 is 1.15 bits per heavy atom. The molecule has 0 heterocycles. The minimum absolute atomic E-state index is 0.00420. The molecule has 0 radical (unpaired) electrons. The number of hydrogen-bond acceptors (Lipinski definition) is 4. The van der Waals surface area contributed by atoms with E-state index in [2.05, 4.69) is 10.6 Å². The predicted molar refractivity (Wildman–Crippen MR) is 77.4 cm³/mol. The lowest BCUT2D eigenvalue weighted by Crippen LogP contribution is -2.42. The van der Waals surface area contributed by atoms with E-state index in [0.717, 1.165) is 26.2 Å². The van der Waals surface area contributed by atoms with Crippen molar-refractivity contribution in [3.8, 4) is 0 Å². The molecule has 7 nitrogen and oxygen atoms in total. The summed E-state index contributed by atoms with van der Waals surface area (Å²) in [6.45, 7) is 3.27. The van der Waals surface area contributed by atoms with Crippen LogP contribution in [0.5, 0.6) is 0 Å². The molecule has 20 heavy (non-hydrogen) atoms. The third-order valence-corrected chi connectivity index (χ3v) is 2.45. The first-order valence-corrected chi connectivity index (χ1v) is 6.54. The van der Waals surface area contributed by atoms with Gasteiger partial charge in [0.25, 0.3) is 5.97 Å². The van der Waals surface area contributed by atoms with Gasteiger partial charge in [-0.1, -0.05) is 0 Å². The fourth-order valence-electron chi connectivity index (χ4n) is 1.52. The van der Waals surface area contributed by atoms with Gasteiger partial charge in [0.1, 0.15) is 0 Å². The smallest absolute Gasteiger partial charge is 0.300 e. The van der Waals surface area contributed by atoms with Crippen molar-refractivity contribution in [1.29, 1.82) is 0 Å². The first-order chi connectivity index (χ1) is 9.22.